The Kier molecular flexibility index (Phi) is 6.66. The zero-order valence-corrected chi connectivity index (χ0v) is 20.5. The Morgan fingerprint density at radius 1 is 0.676 bits per heavy atom. The molecule has 1 fully saturated rings. The van der Waals surface area contributed by atoms with Gasteiger partial charge in [0.2, 0.25) is 0 Å². The Balaban J connectivity index is 1.53. The lowest BCUT2D eigenvalue weighted by atomic mass is 9.91. The Morgan fingerprint density at radius 2 is 1.18 bits per heavy atom. The van der Waals surface area contributed by atoms with Crippen molar-refractivity contribution >= 4 is 0 Å². The van der Waals surface area contributed by atoms with Crippen LogP contribution in [-0.2, 0) is 6.54 Å². The van der Waals surface area contributed by atoms with Crippen molar-refractivity contribution in [2.45, 2.75) is 38.1 Å². The maximum Gasteiger partial charge on any atom is 0.0874 e. The summed E-state index contributed by atoms with van der Waals surface area (Å²) in [5.41, 5.74) is 5.55. The van der Waals surface area contributed by atoms with E-state index in [-0.39, 0.29) is 18.2 Å². The third kappa shape index (κ3) is 4.34. The molecule has 3 nitrogen and oxygen atoms in total. The highest BCUT2D eigenvalue weighted by Crippen LogP contribution is 2.48. The zero-order chi connectivity index (χ0) is 23.5. The Labute approximate surface area is 204 Å². The van der Waals surface area contributed by atoms with Crippen molar-refractivity contribution < 1.29 is 0 Å². The summed E-state index contributed by atoms with van der Waals surface area (Å²) in [5, 5.41) is 0. The van der Waals surface area contributed by atoms with E-state index in [9.17, 15) is 0 Å². The number of nitrogens with zero attached hydrogens (tertiary/aromatic N) is 3. The van der Waals surface area contributed by atoms with Crippen LogP contribution in [0, 0.1) is 5.92 Å². The summed E-state index contributed by atoms with van der Waals surface area (Å²) >= 11 is 0. The van der Waals surface area contributed by atoms with Gasteiger partial charge < -0.3 is 4.90 Å². The van der Waals surface area contributed by atoms with E-state index >= 15 is 0 Å². The molecule has 0 spiro atoms. The molecule has 34 heavy (non-hydrogen) atoms. The van der Waals surface area contributed by atoms with Crippen LogP contribution in [0.1, 0.15) is 42.1 Å². The van der Waals surface area contributed by atoms with Crippen LogP contribution < -0.4 is 0 Å². The standard InChI is InChI=1S/C31H35N3/c1-4-25-20-21-34(22-24-14-8-5-9-15-24)23-28(25)31-32(2)29(26-16-10-6-11-17-26)30(33(31)3)27-18-12-7-13-19-27/h5-21,23,25,29-31H,4,22H2,1-3H3/t25-,29+,30+/m1/s1. The normalized spacial score (nSPS) is 23.9. The van der Waals surface area contributed by atoms with Crippen LogP contribution in [0.2, 0.25) is 0 Å². The monoisotopic (exact) mass is 449 g/mol. The summed E-state index contributed by atoms with van der Waals surface area (Å²) in [6.07, 6.45) is 8.40. The molecule has 3 aromatic rings. The van der Waals surface area contributed by atoms with Crippen LogP contribution in [0.5, 0.6) is 0 Å². The van der Waals surface area contributed by atoms with E-state index in [1.165, 1.54) is 22.3 Å². The molecule has 0 aliphatic carbocycles. The quantitative estimate of drug-likeness (QED) is 0.419. The summed E-state index contributed by atoms with van der Waals surface area (Å²) in [6.45, 7) is 3.19. The largest absolute Gasteiger partial charge is 0.350 e. The van der Waals surface area contributed by atoms with Crippen molar-refractivity contribution in [3.05, 3.63) is 132 Å². The highest BCUT2D eigenvalue weighted by molar-refractivity contribution is 5.34. The van der Waals surface area contributed by atoms with Crippen LogP contribution in [0.25, 0.3) is 0 Å². The van der Waals surface area contributed by atoms with E-state index in [1.54, 1.807) is 0 Å². The van der Waals surface area contributed by atoms with Gasteiger partial charge in [0, 0.05) is 24.9 Å². The third-order valence-corrected chi connectivity index (χ3v) is 7.43. The third-order valence-electron chi connectivity index (χ3n) is 7.43. The zero-order valence-electron chi connectivity index (χ0n) is 20.5. The highest BCUT2D eigenvalue weighted by Gasteiger charge is 2.47. The van der Waals surface area contributed by atoms with Gasteiger partial charge in [-0.2, -0.15) is 0 Å². The summed E-state index contributed by atoms with van der Waals surface area (Å²) in [5.74, 6) is 0.438. The van der Waals surface area contributed by atoms with Gasteiger partial charge in [-0.3, -0.25) is 9.80 Å². The van der Waals surface area contributed by atoms with Crippen molar-refractivity contribution in [3.63, 3.8) is 0 Å². The Bertz CT molecular complexity index is 1070. The predicted octanol–water partition coefficient (Wildman–Crippen LogP) is 6.61. The lowest BCUT2D eigenvalue weighted by Gasteiger charge is -2.36. The molecule has 174 valence electrons. The van der Waals surface area contributed by atoms with E-state index in [1.807, 2.05) is 0 Å². The predicted molar refractivity (Wildman–Crippen MR) is 141 cm³/mol. The van der Waals surface area contributed by atoms with E-state index in [0.717, 1.165) is 13.0 Å². The van der Waals surface area contributed by atoms with Gasteiger partial charge in [0.05, 0.1) is 18.2 Å². The molecule has 3 heteroatoms. The van der Waals surface area contributed by atoms with Crippen molar-refractivity contribution in [1.29, 1.82) is 0 Å². The number of rotatable bonds is 6. The van der Waals surface area contributed by atoms with Gasteiger partial charge in [0.15, 0.2) is 0 Å². The second-order valence-corrected chi connectivity index (χ2v) is 9.56. The first-order valence-corrected chi connectivity index (χ1v) is 12.4. The van der Waals surface area contributed by atoms with Crippen LogP contribution in [0.3, 0.4) is 0 Å². The highest BCUT2D eigenvalue weighted by atomic mass is 15.4. The molecule has 2 aliphatic heterocycles. The minimum absolute atomic E-state index is 0.226. The van der Waals surface area contributed by atoms with Crippen LogP contribution in [-0.4, -0.2) is 35.0 Å². The van der Waals surface area contributed by atoms with Crippen LogP contribution >= 0.6 is 0 Å². The molecular formula is C31H35N3. The van der Waals surface area contributed by atoms with Crippen molar-refractivity contribution in [2.75, 3.05) is 14.1 Å². The smallest absolute Gasteiger partial charge is 0.0874 e. The Hall–Kier alpha value is -3.14. The summed E-state index contributed by atoms with van der Waals surface area (Å²) in [4.78, 5) is 7.52. The van der Waals surface area contributed by atoms with Crippen LogP contribution in [0.4, 0.5) is 0 Å². The van der Waals surface area contributed by atoms with Gasteiger partial charge in [-0.05, 0) is 42.8 Å². The molecule has 0 N–H and O–H groups in total. The molecular weight excluding hydrogens is 414 g/mol. The van der Waals surface area contributed by atoms with Gasteiger partial charge >= 0.3 is 0 Å². The molecule has 0 unspecified atom stereocenters. The number of hydrogen-bond donors (Lipinski definition) is 0. The van der Waals surface area contributed by atoms with E-state index in [2.05, 4.69) is 145 Å². The number of hydrogen-bond acceptors (Lipinski definition) is 3. The SMILES string of the molecule is CC[C@@H]1C=CN(Cc2ccccc2)C=C1C1N(C)[C@@H](c2ccccc2)[C@H](c2ccccc2)N1C. The van der Waals surface area contributed by atoms with E-state index < -0.39 is 0 Å². The summed E-state index contributed by atoms with van der Waals surface area (Å²) < 4.78 is 0. The van der Waals surface area contributed by atoms with Gasteiger partial charge in [-0.25, -0.2) is 0 Å². The van der Waals surface area contributed by atoms with Gasteiger partial charge in [-0.15, -0.1) is 0 Å². The molecule has 0 bridgehead atoms. The van der Waals surface area contributed by atoms with Gasteiger partial charge in [0.25, 0.3) is 0 Å². The minimum atomic E-state index is 0.226. The minimum Gasteiger partial charge on any atom is -0.350 e. The molecule has 0 amide bonds. The first-order valence-electron chi connectivity index (χ1n) is 12.4. The lowest BCUT2D eigenvalue weighted by molar-refractivity contribution is 0.182. The molecule has 1 saturated heterocycles. The molecule has 0 radical (unpaired) electrons. The fraction of sp³-hybridized carbons (Fsp3) is 0.290. The number of likely N-dealkylation sites (N-methyl/N-ethyl adjacent to an activating group) is 2. The lowest BCUT2D eigenvalue weighted by Crippen LogP contribution is -2.40. The fourth-order valence-corrected chi connectivity index (χ4v) is 5.82. The van der Waals surface area contributed by atoms with E-state index in [4.69, 9.17) is 0 Å². The molecule has 0 aromatic heterocycles. The van der Waals surface area contributed by atoms with Crippen LogP contribution in [0.15, 0.2) is 115 Å². The number of allylic oxidation sites excluding steroid dienone is 1. The summed E-state index contributed by atoms with van der Waals surface area (Å²) in [6, 6.07) is 33.3. The molecule has 3 aromatic carbocycles. The second-order valence-electron chi connectivity index (χ2n) is 9.56. The van der Waals surface area contributed by atoms with E-state index in [0.29, 0.717) is 5.92 Å². The molecule has 2 aliphatic rings. The maximum absolute atomic E-state index is 2.58. The van der Waals surface area contributed by atoms with Crippen molar-refractivity contribution in [1.82, 2.24) is 14.7 Å². The average Bonchev–Trinajstić information content (AvgIpc) is 3.15. The Morgan fingerprint density at radius 3 is 1.68 bits per heavy atom. The van der Waals surface area contributed by atoms with Crippen molar-refractivity contribution in [3.8, 4) is 0 Å². The van der Waals surface area contributed by atoms with Gasteiger partial charge in [-0.1, -0.05) is 104 Å². The molecule has 0 saturated carbocycles. The first kappa shape index (κ1) is 22.6. The molecule has 5 rings (SSSR count). The molecule has 3 atom stereocenters. The second kappa shape index (κ2) is 10.0. The first-order chi connectivity index (χ1) is 16.7. The fourth-order valence-electron chi connectivity index (χ4n) is 5.82. The van der Waals surface area contributed by atoms with Gasteiger partial charge in [0.1, 0.15) is 0 Å². The summed E-state index contributed by atoms with van der Waals surface area (Å²) in [7, 11) is 4.60. The van der Waals surface area contributed by atoms with Crippen molar-refractivity contribution in [2.24, 2.45) is 5.92 Å². The number of benzene rings is 3. The average molecular weight is 450 g/mol. The molecule has 2 heterocycles. The topological polar surface area (TPSA) is 9.72 Å². The maximum atomic E-state index is 2.58.